The minimum Gasteiger partial charge on any atom is -0.261 e. The summed E-state index contributed by atoms with van der Waals surface area (Å²) in [5.74, 6) is 0.350. The summed E-state index contributed by atoms with van der Waals surface area (Å²) in [6.45, 7) is 1.22. The maximum atomic E-state index is 12.6. The highest BCUT2D eigenvalue weighted by molar-refractivity contribution is 7.91. The second kappa shape index (κ2) is 6.25. The number of sulfonamides is 1. The first-order chi connectivity index (χ1) is 10.2. The first kappa shape index (κ1) is 14.7. The van der Waals surface area contributed by atoms with Gasteiger partial charge in [-0.1, -0.05) is 12.1 Å². The molecule has 0 N–H and O–H groups in total. The van der Waals surface area contributed by atoms with E-state index in [9.17, 15) is 8.42 Å². The molecule has 0 amide bonds. The monoisotopic (exact) mass is 322 g/mol. The van der Waals surface area contributed by atoms with Gasteiger partial charge >= 0.3 is 0 Å². The lowest BCUT2D eigenvalue weighted by molar-refractivity contribution is 0.264. The molecule has 6 heteroatoms. The van der Waals surface area contributed by atoms with Crippen LogP contribution in [0.15, 0.2) is 46.1 Å². The number of thiophene rings is 1. The Labute approximate surface area is 129 Å². The molecule has 1 aliphatic heterocycles. The van der Waals surface area contributed by atoms with E-state index in [0.29, 0.717) is 23.2 Å². The van der Waals surface area contributed by atoms with Crippen LogP contribution >= 0.6 is 11.3 Å². The zero-order valence-electron chi connectivity index (χ0n) is 11.7. The first-order valence-electron chi connectivity index (χ1n) is 7.10. The molecule has 2 aromatic rings. The SMILES string of the molecule is O=S(=O)(c1cccs1)N1CCCC(Cc2ccccn2)C1. The summed E-state index contributed by atoms with van der Waals surface area (Å²) in [6.07, 6.45) is 4.62. The summed E-state index contributed by atoms with van der Waals surface area (Å²) in [5.41, 5.74) is 1.04. The van der Waals surface area contributed by atoms with Gasteiger partial charge in [0.15, 0.2) is 0 Å². The van der Waals surface area contributed by atoms with Gasteiger partial charge in [0.2, 0.25) is 0 Å². The number of hydrogen-bond acceptors (Lipinski definition) is 4. The Bertz CT molecular complexity index is 669. The van der Waals surface area contributed by atoms with E-state index in [4.69, 9.17) is 0 Å². The zero-order valence-corrected chi connectivity index (χ0v) is 13.3. The summed E-state index contributed by atoms with van der Waals surface area (Å²) in [5, 5.41) is 1.81. The fraction of sp³-hybridized carbons (Fsp3) is 0.400. The minimum atomic E-state index is -3.31. The molecule has 4 nitrogen and oxygen atoms in total. The van der Waals surface area contributed by atoms with Gasteiger partial charge in [0, 0.05) is 25.0 Å². The van der Waals surface area contributed by atoms with Gasteiger partial charge in [0.25, 0.3) is 10.0 Å². The van der Waals surface area contributed by atoms with Crippen LogP contribution in [0, 0.1) is 5.92 Å². The number of rotatable bonds is 4. The van der Waals surface area contributed by atoms with Crippen LogP contribution in [-0.2, 0) is 16.4 Å². The molecule has 3 rings (SSSR count). The molecule has 0 saturated carbocycles. The predicted molar refractivity (Wildman–Crippen MR) is 83.7 cm³/mol. The van der Waals surface area contributed by atoms with Crippen LogP contribution in [-0.4, -0.2) is 30.8 Å². The van der Waals surface area contributed by atoms with Crippen molar-refractivity contribution in [1.82, 2.24) is 9.29 Å². The number of nitrogens with zero attached hydrogens (tertiary/aromatic N) is 2. The zero-order chi connectivity index (χ0) is 14.7. The van der Waals surface area contributed by atoms with Gasteiger partial charge < -0.3 is 0 Å². The second-order valence-corrected chi connectivity index (χ2v) is 8.44. The van der Waals surface area contributed by atoms with E-state index in [1.54, 1.807) is 22.6 Å². The van der Waals surface area contributed by atoms with Crippen molar-refractivity contribution in [1.29, 1.82) is 0 Å². The van der Waals surface area contributed by atoms with Crippen LogP contribution in [0.5, 0.6) is 0 Å². The highest BCUT2D eigenvalue weighted by atomic mass is 32.2. The average Bonchev–Trinajstić information content (AvgIpc) is 3.04. The summed E-state index contributed by atoms with van der Waals surface area (Å²) in [4.78, 5) is 4.34. The lowest BCUT2D eigenvalue weighted by Gasteiger charge is -2.31. The molecular formula is C15H18N2O2S2. The van der Waals surface area contributed by atoms with Crippen molar-refractivity contribution >= 4 is 21.4 Å². The topological polar surface area (TPSA) is 50.3 Å². The van der Waals surface area contributed by atoms with Crippen LogP contribution < -0.4 is 0 Å². The Morgan fingerprint density at radius 3 is 2.90 bits per heavy atom. The first-order valence-corrected chi connectivity index (χ1v) is 9.42. The van der Waals surface area contributed by atoms with Gasteiger partial charge in [-0.2, -0.15) is 4.31 Å². The molecule has 3 heterocycles. The van der Waals surface area contributed by atoms with Crippen molar-refractivity contribution in [2.24, 2.45) is 5.92 Å². The van der Waals surface area contributed by atoms with Crippen LogP contribution in [0.3, 0.4) is 0 Å². The molecule has 21 heavy (non-hydrogen) atoms. The maximum absolute atomic E-state index is 12.6. The fourth-order valence-electron chi connectivity index (χ4n) is 2.76. The molecule has 1 unspecified atom stereocenters. The molecule has 1 aliphatic rings. The quantitative estimate of drug-likeness (QED) is 0.870. The van der Waals surface area contributed by atoms with E-state index in [2.05, 4.69) is 4.98 Å². The molecule has 112 valence electrons. The van der Waals surface area contributed by atoms with Gasteiger partial charge in [-0.25, -0.2) is 8.42 Å². The van der Waals surface area contributed by atoms with Crippen molar-refractivity contribution in [2.75, 3.05) is 13.1 Å². The number of aromatic nitrogens is 1. The highest BCUT2D eigenvalue weighted by Gasteiger charge is 2.30. The number of piperidine rings is 1. The summed E-state index contributed by atoms with van der Waals surface area (Å²) >= 11 is 1.29. The summed E-state index contributed by atoms with van der Waals surface area (Å²) < 4.78 is 27.2. The molecule has 0 bridgehead atoms. The molecule has 0 spiro atoms. The van der Waals surface area contributed by atoms with E-state index in [1.807, 2.05) is 23.6 Å². The molecule has 1 atom stereocenters. The van der Waals surface area contributed by atoms with Crippen LogP contribution in [0.1, 0.15) is 18.5 Å². The molecule has 1 fully saturated rings. The Hall–Kier alpha value is -1.24. The van der Waals surface area contributed by atoms with Crippen molar-refractivity contribution < 1.29 is 8.42 Å². The van der Waals surface area contributed by atoms with E-state index in [1.165, 1.54) is 11.3 Å². The number of hydrogen-bond donors (Lipinski definition) is 0. The Morgan fingerprint density at radius 1 is 1.29 bits per heavy atom. The Balaban J connectivity index is 1.71. The number of pyridine rings is 1. The fourth-order valence-corrected chi connectivity index (χ4v) is 5.46. The van der Waals surface area contributed by atoms with Crippen LogP contribution in [0.2, 0.25) is 0 Å². The third-order valence-electron chi connectivity index (χ3n) is 3.79. The molecule has 1 saturated heterocycles. The van der Waals surface area contributed by atoms with E-state index in [0.717, 1.165) is 25.0 Å². The third-order valence-corrected chi connectivity index (χ3v) is 7.03. The Morgan fingerprint density at radius 2 is 2.19 bits per heavy atom. The average molecular weight is 322 g/mol. The minimum absolute atomic E-state index is 0.350. The second-order valence-electron chi connectivity index (χ2n) is 5.33. The van der Waals surface area contributed by atoms with Crippen molar-refractivity contribution in [3.05, 3.63) is 47.6 Å². The van der Waals surface area contributed by atoms with E-state index >= 15 is 0 Å². The lowest BCUT2D eigenvalue weighted by atomic mass is 9.94. The van der Waals surface area contributed by atoms with E-state index < -0.39 is 10.0 Å². The highest BCUT2D eigenvalue weighted by Crippen LogP contribution is 2.27. The third kappa shape index (κ3) is 3.33. The molecule has 0 aliphatic carbocycles. The standard InChI is InChI=1S/C15H18N2O2S2/c18-21(19,15-7-4-10-20-15)17-9-3-5-13(12-17)11-14-6-1-2-8-16-14/h1-2,4,6-8,10,13H,3,5,9,11-12H2. The van der Waals surface area contributed by atoms with Gasteiger partial charge in [-0.05, 0) is 48.8 Å². The summed E-state index contributed by atoms with van der Waals surface area (Å²) in [7, 11) is -3.31. The lowest BCUT2D eigenvalue weighted by Crippen LogP contribution is -2.40. The van der Waals surface area contributed by atoms with Gasteiger partial charge in [-0.15, -0.1) is 11.3 Å². The maximum Gasteiger partial charge on any atom is 0.252 e. The van der Waals surface area contributed by atoms with E-state index in [-0.39, 0.29) is 0 Å². The van der Waals surface area contributed by atoms with Crippen molar-refractivity contribution in [3.8, 4) is 0 Å². The van der Waals surface area contributed by atoms with Crippen LogP contribution in [0.4, 0.5) is 0 Å². The Kier molecular flexibility index (Phi) is 4.37. The normalized spacial score (nSPS) is 20.5. The van der Waals surface area contributed by atoms with Gasteiger partial charge in [0.1, 0.15) is 4.21 Å². The molecular weight excluding hydrogens is 304 g/mol. The van der Waals surface area contributed by atoms with Crippen molar-refractivity contribution in [2.45, 2.75) is 23.5 Å². The van der Waals surface area contributed by atoms with Gasteiger partial charge in [-0.3, -0.25) is 4.98 Å². The molecule has 0 radical (unpaired) electrons. The van der Waals surface area contributed by atoms with Crippen molar-refractivity contribution in [3.63, 3.8) is 0 Å². The largest absolute Gasteiger partial charge is 0.261 e. The van der Waals surface area contributed by atoms with Crippen LogP contribution in [0.25, 0.3) is 0 Å². The summed E-state index contributed by atoms with van der Waals surface area (Å²) in [6, 6.07) is 9.35. The predicted octanol–water partition coefficient (Wildman–Crippen LogP) is 2.79. The molecule has 2 aromatic heterocycles. The van der Waals surface area contributed by atoms with Gasteiger partial charge in [0.05, 0.1) is 0 Å². The smallest absolute Gasteiger partial charge is 0.252 e. The molecule has 0 aromatic carbocycles.